The molecule has 4 bridgehead atoms. The van der Waals surface area contributed by atoms with Crippen LogP contribution in [-0.4, -0.2) is 5.11 Å². The molecule has 1 aromatic carbocycles. The van der Waals surface area contributed by atoms with Crippen LogP contribution >= 0.6 is 0 Å². The molecule has 1 aromatic rings. The highest BCUT2D eigenvalue weighted by Crippen LogP contribution is 2.65. The van der Waals surface area contributed by atoms with Crippen LogP contribution in [0.5, 0.6) is 5.75 Å². The van der Waals surface area contributed by atoms with Gasteiger partial charge in [0.05, 0.1) is 0 Å². The fourth-order valence-electron chi connectivity index (χ4n) is 5.87. The minimum Gasteiger partial charge on any atom is -0.508 e. The first-order chi connectivity index (χ1) is 8.57. The Morgan fingerprint density at radius 1 is 1.00 bits per heavy atom. The summed E-state index contributed by atoms with van der Waals surface area (Å²) in [7, 11) is 0. The molecule has 1 heteroatoms. The van der Waals surface area contributed by atoms with Crippen molar-refractivity contribution in [1.29, 1.82) is 0 Å². The van der Waals surface area contributed by atoms with Crippen LogP contribution in [0.2, 0.25) is 0 Å². The summed E-state index contributed by atoms with van der Waals surface area (Å²) in [6.07, 6.45) is 8.56. The largest absolute Gasteiger partial charge is 0.508 e. The normalized spacial score (nSPS) is 45.4. The SMILES string of the molecule is CC12CC3CC(C1)CC(c1ccc(O)cc1)(C3)C2. The summed E-state index contributed by atoms with van der Waals surface area (Å²) in [5.41, 5.74) is 2.52. The van der Waals surface area contributed by atoms with E-state index in [2.05, 4.69) is 19.1 Å². The molecule has 4 aliphatic carbocycles. The molecule has 0 aliphatic heterocycles. The van der Waals surface area contributed by atoms with Crippen molar-refractivity contribution in [2.75, 3.05) is 0 Å². The molecule has 0 spiro atoms. The molecule has 0 radical (unpaired) electrons. The van der Waals surface area contributed by atoms with Crippen molar-refractivity contribution < 1.29 is 5.11 Å². The molecule has 5 rings (SSSR count). The Morgan fingerprint density at radius 2 is 1.61 bits per heavy atom. The van der Waals surface area contributed by atoms with Gasteiger partial charge in [0.15, 0.2) is 0 Å². The third-order valence-electron chi connectivity index (χ3n) is 5.83. The van der Waals surface area contributed by atoms with Gasteiger partial charge in [-0.3, -0.25) is 0 Å². The maximum Gasteiger partial charge on any atom is 0.115 e. The topological polar surface area (TPSA) is 20.2 Å². The van der Waals surface area contributed by atoms with Crippen molar-refractivity contribution in [3.63, 3.8) is 0 Å². The highest BCUT2D eigenvalue weighted by Gasteiger charge is 2.56. The molecule has 18 heavy (non-hydrogen) atoms. The van der Waals surface area contributed by atoms with E-state index in [1.807, 2.05) is 12.1 Å². The molecule has 2 atom stereocenters. The average Bonchev–Trinajstić information content (AvgIpc) is 2.26. The first-order valence-corrected chi connectivity index (χ1v) is 7.37. The Kier molecular flexibility index (Phi) is 2.01. The third kappa shape index (κ3) is 1.46. The highest BCUT2D eigenvalue weighted by atomic mass is 16.3. The molecule has 0 amide bonds. The molecule has 0 heterocycles. The molecule has 2 unspecified atom stereocenters. The Hall–Kier alpha value is -0.980. The van der Waals surface area contributed by atoms with E-state index in [0.29, 0.717) is 16.6 Å². The van der Waals surface area contributed by atoms with Gasteiger partial charge < -0.3 is 5.11 Å². The molecule has 4 fully saturated rings. The smallest absolute Gasteiger partial charge is 0.115 e. The maximum absolute atomic E-state index is 9.49. The van der Waals surface area contributed by atoms with E-state index in [1.165, 1.54) is 44.1 Å². The fourth-order valence-corrected chi connectivity index (χ4v) is 5.87. The molecular weight excluding hydrogens is 220 g/mol. The van der Waals surface area contributed by atoms with Gasteiger partial charge >= 0.3 is 0 Å². The number of hydrogen-bond donors (Lipinski definition) is 1. The minimum atomic E-state index is 0.398. The number of phenols is 1. The van der Waals surface area contributed by atoms with E-state index in [1.54, 1.807) is 0 Å². The minimum absolute atomic E-state index is 0.398. The van der Waals surface area contributed by atoms with Gasteiger partial charge in [-0.1, -0.05) is 19.1 Å². The van der Waals surface area contributed by atoms with Crippen LogP contribution in [0.3, 0.4) is 0 Å². The van der Waals surface area contributed by atoms with Gasteiger partial charge in [0.25, 0.3) is 0 Å². The molecule has 4 aliphatic rings. The first-order valence-electron chi connectivity index (χ1n) is 7.37. The Morgan fingerprint density at radius 3 is 2.17 bits per heavy atom. The molecule has 0 aromatic heterocycles. The lowest BCUT2D eigenvalue weighted by Gasteiger charge is -2.61. The lowest BCUT2D eigenvalue weighted by molar-refractivity contribution is -0.0615. The molecule has 1 N–H and O–H groups in total. The van der Waals surface area contributed by atoms with Crippen molar-refractivity contribution in [1.82, 2.24) is 0 Å². The van der Waals surface area contributed by atoms with Crippen LogP contribution in [0.1, 0.15) is 51.0 Å². The van der Waals surface area contributed by atoms with Crippen molar-refractivity contribution >= 4 is 0 Å². The maximum atomic E-state index is 9.49. The van der Waals surface area contributed by atoms with Gasteiger partial charge in [-0.05, 0) is 78.9 Å². The second kappa shape index (κ2) is 3.31. The standard InChI is InChI=1S/C17H22O/c1-16-7-12-6-13(8-16)10-17(9-12,11-16)14-2-4-15(18)5-3-14/h2-5,12-13,18H,6-11H2,1H3. The number of phenolic OH excluding ortho intramolecular Hbond substituents is 1. The van der Waals surface area contributed by atoms with Crippen LogP contribution < -0.4 is 0 Å². The van der Waals surface area contributed by atoms with Crippen molar-refractivity contribution in [2.45, 2.75) is 50.9 Å². The second-order valence-electron chi connectivity index (χ2n) is 7.60. The van der Waals surface area contributed by atoms with Gasteiger partial charge in [-0.15, -0.1) is 0 Å². The van der Waals surface area contributed by atoms with Crippen molar-refractivity contribution in [3.05, 3.63) is 29.8 Å². The van der Waals surface area contributed by atoms with Crippen LogP contribution in [0.15, 0.2) is 24.3 Å². The van der Waals surface area contributed by atoms with Crippen LogP contribution in [0.4, 0.5) is 0 Å². The lowest BCUT2D eigenvalue weighted by atomic mass is 9.43. The van der Waals surface area contributed by atoms with E-state index in [0.717, 1.165) is 11.8 Å². The molecule has 0 saturated heterocycles. The van der Waals surface area contributed by atoms with Gasteiger partial charge in [0.1, 0.15) is 5.75 Å². The summed E-state index contributed by atoms with van der Waals surface area (Å²) >= 11 is 0. The highest BCUT2D eigenvalue weighted by molar-refractivity contribution is 5.34. The van der Waals surface area contributed by atoms with Gasteiger partial charge in [0, 0.05) is 0 Å². The van der Waals surface area contributed by atoms with Crippen LogP contribution in [-0.2, 0) is 5.41 Å². The average molecular weight is 242 g/mol. The zero-order valence-corrected chi connectivity index (χ0v) is 11.2. The van der Waals surface area contributed by atoms with Gasteiger partial charge in [-0.2, -0.15) is 0 Å². The first kappa shape index (κ1) is 10.9. The predicted molar refractivity (Wildman–Crippen MR) is 72.6 cm³/mol. The summed E-state index contributed by atoms with van der Waals surface area (Å²) < 4.78 is 0. The summed E-state index contributed by atoms with van der Waals surface area (Å²) in [5.74, 6) is 2.32. The van der Waals surface area contributed by atoms with Crippen molar-refractivity contribution in [3.8, 4) is 5.75 Å². The van der Waals surface area contributed by atoms with E-state index < -0.39 is 0 Å². The number of hydrogen-bond acceptors (Lipinski definition) is 1. The Labute approximate surface area is 109 Å². The Bertz CT molecular complexity index is 459. The van der Waals surface area contributed by atoms with E-state index in [4.69, 9.17) is 0 Å². The zero-order valence-electron chi connectivity index (χ0n) is 11.2. The molecule has 4 saturated carbocycles. The van der Waals surface area contributed by atoms with E-state index in [-0.39, 0.29) is 0 Å². The summed E-state index contributed by atoms with van der Waals surface area (Å²) in [5, 5.41) is 9.49. The van der Waals surface area contributed by atoms with E-state index in [9.17, 15) is 5.11 Å². The lowest BCUT2D eigenvalue weighted by Crippen LogP contribution is -2.52. The zero-order chi connectivity index (χ0) is 12.4. The van der Waals surface area contributed by atoms with Gasteiger partial charge in [0.2, 0.25) is 0 Å². The summed E-state index contributed by atoms with van der Waals surface area (Å²) in [4.78, 5) is 0. The Balaban J connectivity index is 1.77. The quantitative estimate of drug-likeness (QED) is 0.780. The number of benzene rings is 1. The second-order valence-corrected chi connectivity index (χ2v) is 7.60. The fraction of sp³-hybridized carbons (Fsp3) is 0.647. The van der Waals surface area contributed by atoms with Crippen LogP contribution in [0.25, 0.3) is 0 Å². The predicted octanol–water partition coefficient (Wildman–Crippen LogP) is 4.25. The summed E-state index contributed by atoms with van der Waals surface area (Å²) in [6, 6.07) is 8.09. The summed E-state index contributed by atoms with van der Waals surface area (Å²) in [6.45, 7) is 2.51. The molecular formula is C17H22O. The molecule has 1 nitrogen and oxygen atoms in total. The third-order valence-corrected chi connectivity index (χ3v) is 5.83. The number of aromatic hydroxyl groups is 1. The van der Waals surface area contributed by atoms with Gasteiger partial charge in [-0.25, -0.2) is 0 Å². The van der Waals surface area contributed by atoms with Crippen molar-refractivity contribution in [2.24, 2.45) is 17.3 Å². The van der Waals surface area contributed by atoms with Crippen LogP contribution in [0, 0.1) is 17.3 Å². The number of rotatable bonds is 1. The van der Waals surface area contributed by atoms with E-state index >= 15 is 0 Å². The molecule has 96 valence electrons. The monoisotopic (exact) mass is 242 g/mol.